The Bertz CT molecular complexity index is 1390. The van der Waals surface area contributed by atoms with Gasteiger partial charge in [0.1, 0.15) is 6.04 Å². The Morgan fingerprint density at radius 2 is 1.59 bits per heavy atom. The van der Waals surface area contributed by atoms with Crippen LogP contribution in [0.4, 0.5) is 5.69 Å². The molecule has 0 spiro atoms. The molecule has 41 heavy (non-hydrogen) atoms. The highest BCUT2D eigenvalue weighted by molar-refractivity contribution is 7.92. The zero-order chi connectivity index (χ0) is 29.8. The van der Waals surface area contributed by atoms with Crippen LogP contribution < -0.4 is 9.62 Å². The maximum atomic E-state index is 13.9. The maximum absolute atomic E-state index is 13.9. The van der Waals surface area contributed by atoms with E-state index in [1.807, 2.05) is 43.3 Å². The quantitative estimate of drug-likeness (QED) is 0.209. The molecule has 0 heterocycles. The molecule has 0 saturated heterocycles. The van der Waals surface area contributed by atoms with Crippen LogP contribution in [0.25, 0.3) is 0 Å². The third-order valence-corrected chi connectivity index (χ3v) is 8.43. The number of anilines is 1. The van der Waals surface area contributed by atoms with Crippen molar-refractivity contribution in [2.75, 3.05) is 23.7 Å². The molecule has 0 saturated carbocycles. The van der Waals surface area contributed by atoms with E-state index in [0.29, 0.717) is 34.3 Å². The summed E-state index contributed by atoms with van der Waals surface area (Å²) < 4.78 is 26.3. The van der Waals surface area contributed by atoms with E-state index in [0.717, 1.165) is 24.7 Å². The minimum atomic E-state index is -3.56. The molecule has 3 rings (SSSR count). The van der Waals surface area contributed by atoms with Crippen molar-refractivity contribution in [1.29, 1.82) is 0 Å². The highest BCUT2D eigenvalue weighted by atomic mass is 35.5. The molecule has 0 aliphatic heterocycles. The number of nitrogens with one attached hydrogen (secondary N) is 1. The minimum Gasteiger partial charge on any atom is -0.354 e. The second-order valence-corrected chi connectivity index (χ2v) is 12.6. The van der Waals surface area contributed by atoms with Gasteiger partial charge in [0.2, 0.25) is 21.8 Å². The van der Waals surface area contributed by atoms with Crippen LogP contribution in [-0.4, -0.2) is 50.5 Å². The second-order valence-electron chi connectivity index (χ2n) is 9.88. The lowest BCUT2D eigenvalue weighted by atomic mass is 10.0. The van der Waals surface area contributed by atoms with Crippen molar-refractivity contribution in [2.45, 2.75) is 51.6 Å². The smallest absolute Gasteiger partial charge is 0.243 e. The van der Waals surface area contributed by atoms with E-state index in [1.165, 1.54) is 4.31 Å². The van der Waals surface area contributed by atoms with Gasteiger partial charge in [0.15, 0.2) is 0 Å². The summed E-state index contributed by atoms with van der Waals surface area (Å²) in [6, 6.07) is 22.6. The number of benzene rings is 3. The average Bonchev–Trinajstić information content (AvgIpc) is 2.94. The summed E-state index contributed by atoms with van der Waals surface area (Å²) in [6.45, 7) is 2.77. The lowest BCUT2D eigenvalue weighted by molar-refractivity contribution is -0.141. The van der Waals surface area contributed by atoms with Gasteiger partial charge in [-0.1, -0.05) is 91.1 Å². The van der Waals surface area contributed by atoms with E-state index in [1.54, 1.807) is 47.4 Å². The molecule has 0 radical (unpaired) electrons. The summed E-state index contributed by atoms with van der Waals surface area (Å²) in [5, 5.41) is 3.85. The molecule has 3 aromatic rings. The van der Waals surface area contributed by atoms with Gasteiger partial charge in [-0.3, -0.25) is 13.9 Å². The van der Waals surface area contributed by atoms with E-state index < -0.39 is 16.1 Å². The molecule has 1 atom stereocenters. The predicted octanol–water partition coefficient (Wildman–Crippen LogP) is 6.10. The fourth-order valence-electron chi connectivity index (χ4n) is 4.49. The first-order valence-corrected chi connectivity index (χ1v) is 16.3. The molecule has 7 nitrogen and oxygen atoms in total. The van der Waals surface area contributed by atoms with Gasteiger partial charge in [0.25, 0.3) is 0 Å². The maximum Gasteiger partial charge on any atom is 0.243 e. The number of halogens is 2. The van der Waals surface area contributed by atoms with Crippen molar-refractivity contribution in [3.63, 3.8) is 0 Å². The fourth-order valence-corrected chi connectivity index (χ4v) is 5.93. The standard InChI is InChI=1S/C31H37Cl2N3O4S/c1-3-4-19-34-31(38)29(21-24-12-7-5-8-13-24)35(23-25-17-18-26(32)22-28(25)33)30(37)16-11-20-36(41(2,39)40)27-14-9-6-10-15-27/h5-10,12-15,17-18,22,29H,3-4,11,16,19-21,23H2,1-2H3,(H,34,38). The summed E-state index contributed by atoms with van der Waals surface area (Å²) in [6.07, 6.45) is 3.51. The first-order chi connectivity index (χ1) is 19.6. The number of unbranched alkanes of at least 4 members (excludes halogenated alkanes) is 1. The van der Waals surface area contributed by atoms with E-state index in [2.05, 4.69) is 5.32 Å². The van der Waals surface area contributed by atoms with Gasteiger partial charge >= 0.3 is 0 Å². The molecular weight excluding hydrogens is 581 g/mol. The number of carbonyl (C=O) groups excluding carboxylic acids is 2. The molecular formula is C31H37Cl2N3O4S. The predicted molar refractivity (Wildman–Crippen MR) is 167 cm³/mol. The van der Waals surface area contributed by atoms with Crippen molar-refractivity contribution in [3.8, 4) is 0 Å². The number of hydrogen-bond donors (Lipinski definition) is 1. The third-order valence-electron chi connectivity index (χ3n) is 6.65. The van der Waals surface area contributed by atoms with Gasteiger partial charge in [-0.2, -0.15) is 0 Å². The first-order valence-electron chi connectivity index (χ1n) is 13.7. The van der Waals surface area contributed by atoms with E-state index in [-0.39, 0.29) is 37.7 Å². The highest BCUT2D eigenvalue weighted by Crippen LogP contribution is 2.25. The normalized spacial score (nSPS) is 12.0. The highest BCUT2D eigenvalue weighted by Gasteiger charge is 2.31. The van der Waals surface area contributed by atoms with E-state index >= 15 is 0 Å². The monoisotopic (exact) mass is 617 g/mol. The largest absolute Gasteiger partial charge is 0.354 e. The number of nitrogens with zero attached hydrogens (tertiary/aromatic N) is 2. The van der Waals surface area contributed by atoms with Gasteiger partial charge in [-0.25, -0.2) is 8.42 Å². The van der Waals surface area contributed by atoms with E-state index in [9.17, 15) is 18.0 Å². The van der Waals surface area contributed by atoms with Gasteiger partial charge in [0, 0.05) is 42.5 Å². The van der Waals surface area contributed by atoms with Gasteiger partial charge in [0.05, 0.1) is 11.9 Å². The topological polar surface area (TPSA) is 86.8 Å². The Labute approximate surface area is 253 Å². The summed E-state index contributed by atoms with van der Waals surface area (Å²) in [5.41, 5.74) is 2.10. The molecule has 0 aliphatic carbocycles. The van der Waals surface area contributed by atoms with Crippen LogP contribution in [-0.2, 0) is 32.6 Å². The molecule has 3 aromatic carbocycles. The second kappa shape index (κ2) is 15.8. The number of carbonyl (C=O) groups is 2. The molecule has 0 fully saturated rings. The number of amides is 2. The number of rotatable bonds is 15. The van der Waals surface area contributed by atoms with Crippen LogP contribution in [0.2, 0.25) is 10.0 Å². The van der Waals surface area contributed by atoms with Crippen LogP contribution in [0.1, 0.15) is 43.7 Å². The third kappa shape index (κ3) is 10.1. The van der Waals surface area contributed by atoms with Crippen LogP contribution in [0.5, 0.6) is 0 Å². The van der Waals surface area contributed by atoms with Crippen molar-refractivity contribution < 1.29 is 18.0 Å². The number of hydrogen-bond acceptors (Lipinski definition) is 4. The molecule has 0 aliphatic rings. The summed E-state index contributed by atoms with van der Waals surface area (Å²) in [7, 11) is -3.56. The lowest BCUT2D eigenvalue weighted by Gasteiger charge is -2.32. The fraction of sp³-hybridized carbons (Fsp3) is 0.355. The van der Waals surface area contributed by atoms with Crippen LogP contribution >= 0.6 is 23.2 Å². The Hall–Kier alpha value is -3.07. The van der Waals surface area contributed by atoms with E-state index in [4.69, 9.17) is 23.2 Å². The van der Waals surface area contributed by atoms with Crippen molar-refractivity contribution >= 4 is 50.7 Å². The average molecular weight is 619 g/mol. The molecule has 1 unspecified atom stereocenters. The van der Waals surface area contributed by atoms with Crippen molar-refractivity contribution in [1.82, 2.24) is 10.2 Å². The van der Waals surface area contributed by atoms with Gasteiger partial charge in [-0.15, -0.1) is 0 Å². The zero-order valence-corrected chi connectivity index (χ0v) is 25.8. The molecule has 220 valence electrons. The minimum absolute atomic E-state index is 0.0393. The summed E-state index contributed by atoms with van der Waals surface area (Å²) >= 11 is 12.6. The molecule has 10 heteroatoms. The van der Waals surface area contributed by atoms with Crippen molar-refractivity contribution in [3.05, 3.63) is 100 Å². The van der Waals surface area contributed by atoms with Crippen LogP contribution in [0.15, 0.2) is 78.9 Å². The molecule has 0 bridgehead atoms. The Kier molecular flexibility index (Phi) is 12.5. The van der Waals surface area contributed by atoms with Crippen LogP contribution in [0.3, 0.4) is 0 Å². The van der Waals surface area contributed by atoms with Crippen LogP contribution in [0, 0.1) is 0 Å². The SMILES string of the molecule is CCCCNC(=O)C(Cc1ccccc1)N(Cc1ccc(Cl)cc1Cl)C(=O)CCCN(c1ccccc1)S(C)(=O)=O. The zero-order valence-electron chi connectivity index (χ0n) is 23.4. The summed E-state index contributed by atoms with van der Waals surface area (Å²) in [5.74, 6) is -0.521. The van der Waals surface area contributed by atoms with Gasteiger partial charge in [-0.05, 0) is 48.2 Å². The molecule has 2 amide bonds. The van der Waals surface area contributed by atoms with Gasteiger partial charge < -0.3 is 10.2 Å². The molecule has 1 N–H and O–H groups in total. The number of sulfonamides is 1. The number of para-hydroxylation sites is 1. The first kappa shape index (κ1) is 32.4. The lowest BCUT2D eigenvalue weighted by Crippen LogP contribution is -2.50. The van der Waals surface area contributed by atoms with Crippen molar-refractivity contribution in [2.24, 2.45) is 0 Å². The molecule has 0 aromatic heterocycles. The summed E-state index contributed by atoms with van der Waals surface area (Å²) in [4.78, 5) is 29.0. The Morgan fingerprint density at radius 1 is 0.927 bits per heavy atom. The Balaban J connectivity index is 1.89. The Morgan fingerprint density at radius 3 is 2.20 bits per heavy atom.